The summed E-state index contributed by atoms with van der Waals surface area (Å²) in [5.41, 5.74) is 6.39. The Hall–Kier alpha value is -2.95. The van der Waals surface area contributed by atoms with Crippen molar-refractivity contribution in [2.45, 2.75) is 25.7 Å². The Bertz CT molecular complexity index is 1050. The molecule has 0 aliphatic carbocycles. The van der Waals surface area contributed by atoms with Crippen molar-refractivity contribution in [3.63, 3.8) is 0 Å². The standard InChI is InChI=1S/C21H21N5/c1-4-12-25(13-5-1)17-10-8-16(9-11-17)14-19-21-24-22-15-26(21)20-7-3-2-6-18(20)23-19/h2-3,6-11,15H,1,4-5,12-14H2. The normalized spacial score (nSPS) is 15.0. The van der Waals surface area contributed by atoms with Crippen LogP contribution in [0.15, 0.2) is 54.9 Å². The van der Waals surface area contributed by atoms with E-state index in [2.05, 4.69) is 45.4 Å². The number of benzene rings is 2. The first-order chi connectivity index (χ1) is 12.9. The van der Waals surface area contributed by atoms with Crippen molar-refractivity contribution in [2.75, 3.05) is 18.0 Å². The first kappa shape index (κ1) is 15.3. The van der Waals surface area contributed by atoms with E-state index in [0.717, 1.165) is 28.8 Å². The predicted octanol–water partition coefficient (Wildman–Crippen LogP) is 3.86. The molecule has 0 unspecified atom stereocenters. The zero-order valence-corrected chi connectivity index (χ0v) is 14.7. The summed E-state index contributed by atoms with van der Waals surface area (Å²) >= 11 is 0. The molecular formula is C21H21N5. The largest absolute Gasteiger partial charge is 0.372 e. The minimum Gasteiger partial charge on any atom is -0.372 e. The maximum atomic E-state index is 4.85. The molecule has 0 atom stereocenters. The highest BCUT2D eigenvalue weighted by atomic mass is 15.2. The van der Waals surface area contributed by atoms with Gasteiger partial charge in [-0.15, -0.1) is 10.2 Å². The van der Waals surface area contributed by atoms with Gasteiger partial charge in [-0.3, -0.25) is 4.40 Å². The third-order valence-corrected chi connectivity index (χ3v) is 5.23. The van der Waals surface area contributed by atoms with Gasteiger partial charge in [-0.05, 0) is 49.1 Å². The highest BCUT2D eigenvalue weighted by molar-refractivity contribution is 5.78. The smallest absolute Gasteiger partial charge is 0.183 e. The molecule has 2 aromatic heterocycles. The van der Waals surface area contributed by atoms with E-state index in [1.807, 2.05) is 22.6 Å². The van der Waals surface area contributed by atoms with E-state index in [-0.39, 0.29) is 0 Å². The van der Waals surface area contributed by atoms with Gasteiger partial charge in [0, 0.05) is 25.2 Å². The highest BCUT2D eigenvalue weighted by Gasteiger charge is 2.13. The van der Waals surface area contributed by atoms with Gasteiger partial charge in [0.1, 0.15) is 6.33 Å². The monoisotopic (exact) mass is 343 g/mol. The minimum atomic E-state index is 0.757. The van der Waals surface area contributed by atoms with Crippen LogP contribution in [0.3, 0.4) is 0 Å². The Morgan fingerprint density at radius 3 is 2.54 bits per heavy atom. The van der Waals surface area contributed by atoms with E-state index in [9.17, 15) is 0 Å². The van der Waals surface area contributed by atoms with Crippen LogP contribution in [0.2, 0.25) is 0 Å². The van der Waals surface area contributed by atoms with Crippen LogP contribution >= 0.6 is 0 Å². The number of hydrogen-bond donors (Lipinski definition) is 0. The Morgan fingerprint density at radius 2 is 1.69 bits per heavy atom. The molecule has 1 saturated heterocycles. The van der Waals surface area contributed by atoms with E-state index < -0.39 is 0 Å². The van der Waals surface area contributed by atoms with Crippen LogP contribution in [0.25, 0.3) is 16.7 Å². The van der Waals surface area contributed by atoms with Crippen LogP contribution < -0.4 is 4.90 Å². The second kappa shape index (κ2) is 6.41. The Kier molecular flexibility index (Phi) is 3.77. The van der Waals surface area contributed by atoms with Gasteiger partial charge in [-0.25, -0.2) is 4.98 Å². The molecule has 26 heavy (non-hydrogen) atoms. The predicted molar refractivity (Wildman–Crippen MR) is 104 cm³/mol. The van der Waals surface area contributed by atoms with Gasteiger partial charge in [-0.2, -0.15) is 0 Å². The molecule has 130 valence electrons. The van der Waals surface area contributed by atoms with Crippen LogP contribution in [0, 0.1) is 0 Å². The topological polar surface area (TPSA) is 46.3 Å². The number of rotatable bonds is 3. The molecule has 5 rings (SSSR count). The molecule has 0 radical (unpaired) electrons. The fourth-order valence-electron chi connectivity index (χ4n) is 3.85. The molecule has 0 N–H and O–H groups in total. The zero-order chi connectivity index (χ0) is 17.3. The number of nitrogens with zero attached hydrogens (tertiary/aromatic N) is 5. The minimum absolute atomic E-state index is 0.757. The fourth-order valence-corrected chi connectivity index (χ4v) is 3.85. The van der Waals surface area contributed by atoms with Crippen molar-refractivity contribution in [3.8, 4) is 0 Å². The molecule has 1 fully saturated rings. The van der Waals surface area contributed by atoms with E-state index in [4.69, 9.17) is 4.98 Å². The number of aromatic nitrogens is 4. The first-order valence-corrected chi connectivity index (χ1v) is 9.30. The van der Waals surface area contributed by atoms with E-state index in [0.29, 0.717) is 0 Å². The SMILES string of the molecule is c1ccc2c(c1)nc(Cc1ccc(N3CCCCC3)cc1)c1nncn12. The summed E-state index contributed by atoms with van der Waals surface area (Å²) in [7, 11) is 0. The van der Waals surface area contributed by atoms with Crippen LogP contribution in [-0.2, 0) is 6.42 Å². The summed E-state index contributed by atoms with van der Waals surface area (Å²) in [6, 6.07) is 17.0. The zero-order valence-electron chi connectivity index (χ0n) is 14.7. The van der Waals surface area contributed by atoms with E-state index in [1.54, 1.807) is 6.33 Å². The van der Waals surface area contributed by atoms with Crippen molar-refractivity contribution < 1.29 is 0 Å². The summed E-state index contributed by atoms with van der Waals surface area (Å²) in [6.45, 7) is 2.35. The molecule has 0 saturated carbocycles. The average molecular weight is 343 g/mol. The molecule has 0 bridgehead atoms. The van der Waals surface area contributed by atoms with E-state index in [1.165, 1.54) is 43.6 Å². The van der Waals surface area contributed by atoms with Crippen molar-refractivity contribution >= 4 is 22.4 Å². The molecular weight excluding hydrogens is 322 g/mol. The van der Waals surface area contributed by atoms with E-state index >= 15 is 0 Å². The lowest BCUT2D eigenvalue weighted by atomic mass is 10.1. The average Bonchev–Trinajstić information content (AvgIpc) is 3.20. The maximum absolute atomic E-state index is 4.85. The molecule has 5 heteroatoms. The lowest BCUT2D eigenvalue weighted by Crippen LogP contribution is -2.29. The van der Waals surface area contributed by atoms with Gasteiger partial charge in [0.15, 0.2) is 5.65 Å². The fraction of sp³-hybridized carbons (Fsp3) is 0.286. The van der Waals surface area contributed by atoms with Gasteiger partial charge in [0.25, 0.3) is 0 Å². The van der Waals surface area contributed by atoms with Gasteiger partial charge >= 0.3 is 0 Å². The molecule has 1 aliphatic rings. The summed E-state index contributed by atoms with van der Waals surface area (Å²) in [5.74, 6) is 0. The Labute approximate surface area is 152 Å². The van der Waals surface area contributed by atoms with Crippen LogP contribution in [0.4, 0.5) is 5.69 Å². The molecule has 1 aliphatic heterocycles. The van der Waals surface area contributed by atoms with Gasteiger partial charge in [0.2, 0.25) is 0 Å². The second-order valence-corrected chi connectivity index (χ2v) is 6.96. The summed E-state index contributed by atoms with van der Waals surface area (Å²) < 4.78 is 2.03. The van der Waals surface area contributed by atoms with Crippen LogP contribution in [0.5, 0.6) is 0 Å². The van der Waals surface area contributed by atoms with Crippen LogP contribution in [0.1, 0.15) is 30.5 Å². The number of anilines is 1. The molecule has 0 spiro atoms. The number of para-hydroxylation sites is 2. The summed E-state index contributed by atoms with van der Waals surface area (Å²) in [4.78, 5) is 7.33. The number of fused-ring (bicyclic) bond motifs is 3. The third kappa shape index (κ3) is 2.69. The quantitative estimate of drug-likeness (QED) is 0.567. The Balaban J connectivity index is 1.47. The first-order valence-electron chi connectivity index (χ1n) is 9.30. The molecule has 2 aromatic carbocycles. The van der Waals surface area contributed by atoms with Crippen molar-refractivity contribution in [1.82, 2.24) is 19.6 Å². The number of piperidine rings is 1. The van der Waals surface area contributed by atoms with Crippen molar-refractivity contribution in [3.05, 3.63) is 66.1 Å². The number of hydrogen-bond acceptors (Lipinski definition) is 4. The van der Waals surface area contributed by atoms with Crippen molar-refractivity contribution in [2.24, 2.45) is 0 Å². The van der Waals surface area contributed by atoms with Gasteiger partial charge < -0.3 is 4.90 Å². The maximum Gasteiger partial charge on any atom is 0.183 e. The second-order valence-electron chi connectivity index (χ2n) is 6.96. The van der Waals surface area contributed by atoms with Gasteiger partial charge in [-0.1, -0.05) is 24.3 Å². The lowest BCUT2D eigenvalue weighted by molar-refractivity contribution is 0.578. The lowest BCUT2D eigenvalue weighted by Gasteiger charge is -2.28. The third-order valence-electron chi connectivity index (χ3n) is 5.23. The van der Waals surface area contributed by atoms with Gasteiger partial charge in [0.05, 0.1) is 16.7 Å². The van der Waals surface area contributed by atoms with Crippen LogP contribution in [-0.4, -0.2) is 32.7 Å². The summed E-state index contributed by atoms with van der Waals surface area (Å²) in [5, 5.41) is 8.39. The molecule has 3 heterocycles. The molecule has 5 nitrogen and oxygen atoms in total. The van der Waals surface area contributed by atoms with Crippen molar-refractivity contribution in [1.29, 1.82) is 0 Å². The molecule has 0 amide bonds. The Morgan fingerprint density at radius 1 is 0.885 bits per heavy atom. The molecule has 4 aromatic rings. The highest BCUT2D eigenvalue weighted by Crippen LogP contribution is 2.23. The summed E-state index contributed by atoms with van der Waals surface area (Å²) in [6.07, 6.45) is 6.48.